The van der Waals surface area contributed by atoms with Crippen molar-refractivity contribution >= 4 is 12.0 Å². The Kier molecular flexibility index (Phi) is 5.09. The van der Waals surface area contributed by atoms with Crippen molar-refractivity contribution in [3.8, 4) is 0 Å². The molecule has 0 atom stereocenters. The van der Waals surface area contributed by atoms with Crippen LogP contribution in [-0.4, -0.2) is 86.8 Å². The molecule has 1 aliphatic rings. The Labute approximate surface area is 122 Å². The standard InChI is InChI=1S/C12H20N6O3/c1-16(7-10-13-9-14-15-10)12(21)18-4-2-3-17(5-6-18)8-11(19)20/h9H,2-8H2,1H3,(H,19,20)(H,13,14,15). The summed E-state index contributed by atoms with van der Waals surface area (Å²) in [7, 11) is 1.71. The molecule has 0 bridgehead atoms. The fourth-order valence-corrected chi connectivity index (χ4v) is 2.35. The van der Waals surface area contributed by atoms with Gasteiger partial charge in [0.15, 0.2) is 0 Å². The number of H-pyrrole nitrogens is 1. The normalized spacial score (nSPS) is 16.5. The van der Waals surface area contributed by atoms with E-state index in [1.54, 1.807) is 16.8 Å². The lowest BCUT2D eigenvalue weighted by Gasteiger charge is -2.26. The summed E-state index contributed by atoms with van der Waals surface area (Å²) >= 11 is 0. The second-order valence-electron chi connectivity index (χ2n) is 5.08. The Bertz CT molecular complexity index is 477. The van der Waals surface area contributed by atoms with Crippen molar-refractivity contribution in [3.63, 3.8) is 0 Å². The van der Waals surface area contributed by atoms with Crippen LogP contribution in [0.5, 0.6) is 0 Å². The molecule has 0 radical (unpaired) electrons. The van der Waals surface area contributed by atoms with Crippen molar-refractivity contribution in [1.29, 1.82) is 0 Å². The smallest absolute Gasteiger partial charge is 0.320 e. The molecule has 2 rings (SSSR count). The number of hydrogen-bond acceptors (Lipinski definition) is 5. The Hall–Kier alpha value is -2.16. The van der Waals surface area contributed by atoms with Crippen LogP contribution in [0.2, 0.25) is 0 Å². The first-order valence-corrected chi connectivity index (χ1v) is 6.84. The number of aliphatic carboxylic acids is 1. The molecule has 1 aromatic rings. The molecule has 1 aliphatic heterocycles. The maximum absolute atomic E-state index is 12.4. The third kappa shape index (κ3) is 4.42. The molecular formula is C12H20N6O3. The van der Waals surface area contributed by atoms with Gasteiger partial charge in [-0.3, -0.25) is 14.8 Å². The zero-order valence-corrected chi connectivity index (χ0v) is 12.0. The number of carboxylic acid groups (broad SMARTS) is 1. The fraction of sp³-hybridized carbons (Fsp3) is 0.667. The molecule has 1 saturated heterocycles. The first-order valence-electron chi connectivity index (χ1n) is 6.84. The summed E-state index contributed by atoms with van der Waals surface area (Å²) in [5.41, 5.74) is 0. The van der Waals surface area contributed by atoms with E-state index in [9.17, 15) is 9.59 Å². The quantitative estimate of drug-likeness (QED) is 0.772. The molecule has 116 valence electrons. The van der Waals surface area contributed by atoms with Crippen molar-refractivity contribution in [1.82, 2.24) is 29.9 Å². The molecule has 2 heterocycles. The maximum Gasteiger partial charge on any atom is 0.320 e. The van der Waals surface area contributed by atoms with Crippen molar-refractivity contribution in [2.24, 2.45) is 0 Å². The number of urea groups is 1. The number of rotatable bonds is 4. The molecule has 0 spiro atoms. The molecule has 1 fully saturated rings. The lowest BCUT2D eigenvalue weighted by Crippen LogP contribution is -2.43. The zero-order valence-electron chi connectivity index (χ0n) is 12.0. The number of nitrogens with one attached hydrogen (secondary N) is 1. The van der Waals surface area contributed by atoms with Gasteiger partial charge in [0, 0.05) is 33.2 Å². The number of nitrogens with zero attached hydrogens (tertiary/aromatic N) is 5. The van der Waals surface area contributed by atoms with Gasteiger partial charge in [-0.15, -0.1) is 0 Å². The Morgan fingerprint density at radius 1 is 1.38 bits per heavy atom. The number of hydrogen-bond donors (Lipinski definition) is 2. The molecular weight excluding hydrogens is 276 g/mol. The second-order valence-corrected chi connectivity index (χ2v) is 5.08. The van der Waals surface area contributed by atoms with Crippen LogP contribution < -0.4 is 0 Å². The minimum Gasteiger partial charge on any atom is -0.480 e. The second kappa shape index (κ2) is 7.02. The average molecular weight is 296 g/mol. The highest BCUT2D eigenvalue weighted by molar-refractivity contribution is 5.74. The average Bonchev–Trinajstić information content (AvgIpc) is 2.83. The summed E-state index contributed by atoms with van der Waals surface area (Å²) in [4.78, 5) is 32.3. The van der Waals surface area contributed by atoms with Crippen molar-refractivity contribution in [3.05, 3.63) is 12.2 Å². The Morgan fingerprint density at radius 3 is 2.86 bits per heavy atom. The zero-order chi connectivity index (χ0) is 15.2. The number of carbonyl (C=O) groups is 2. The van der Waals surface area contributed by atoms with Crippen molar-refractivity contribution in [2.45, 2.75) is 13.0 Å². The molecule has 0 saturated carbocycles. The van der Waals surface area contributed by atoms with Gasteiger partial charge in [-0.1, -0.05) is 0 Å². The first kappa shape index (κ1) is 15.2. The topological polar surface area (TPSA) is 106 Å². The predicted molar refractivity (Wildman–Crippen MR) is 73.5 cm³/mol. The molecule has 0 aliphatic carbocycles. The van der Waals surface area contributed by atoms with E-state index in [0.717, 1.165) is 6.42 Å². The summed E-state index contributed by atoms with van der Waals surface area (Å²) < 4.78 is 0. The van der Waals surface area contributed by atoms with E-state index in [0.29, 0.717) is 38.5 Å². The van der Waals surface area contributed by atoms with Crippen molar-refractivity contribution < 1.29 is 14.7 Å². The van der Waals surface area contributed by atoms with E-state index < -0.39 is 5.97 Å². The van der Waals surface area contributed by atoms with E-state index in [1.807, 2.05) is 4.90 Å². The lowest BCUT2D eigenvalue weighted by atomic mass is 10.4. The van der Waals surface area contributed by atoms with Crippen LogP contribution in [0.1, 0.15) is 12.2 Å². The molecule has 0 unspecified atom stereocenters. The van der Waals surface area contributed by atoms with Gasteiger partial charge in [0.05, 0.1) is 13.1 Å². The summed E-state index contributed by atoms with van der Waals surface area (Å²) in [6.07, 6.45) is 2.18. The highest BCUT2D eigenvalue weighted by Crippen LogP contribution is 2.07. The van der Waals surface area contributed by atoms with Crippen LogP contribution in [0.3, 0.4) is 0 Å². The third-order valence-electron chi connectivity index (χ3n) is 3.40. The first-order chi connectivity index (χ1) is 10.1. The molecule has 9 nitrogen and oxygen atoms in total. The van der Waals surface area contributed by atoms with Crippen LogP contribution in [0.4, 0.5) is 4.79 Å². The highest BCUT2D eigenvalue weighted by atomic mass is 16.4. The monoisotopic (exact) mass is 296 g/mol. The number of amides is 2. The maximum atomic E-state index is 12.4. The summed E-state index contributed by atoms with van der Waals surface area (Å²) in [5, 5.41) is 15.3. The van der Waals surface area contributed by atoms with Gasteiger partial charge in [-0.05, 0) is 6.42 Å². The molecule has 21 heavy (non-hydrogen) atoms. The van der Waals surface area contributed by atoms with Gasteiger partial charge in [-0.25, -0.2) is 9.78 Å². The molecule has 2 N–H and O–H groups in total. The van der Waals surface area contributed by atoms with Crippen LogP contribution in [0.25, 0.3) is 0 Å². The summed E-state index contributed by atoms with van der Waals surface area (Å²) in [6, 6.07) is -0.0800. The number of carboxylic acids is 1. The van der Waals surface area contributed by atoms with Gasteiger partial charge in [0.1, 0.15) is 12.2 Å². The van der Waals surface area contributed by atoms with E-state index in [2.05, 4.69) is 15.2 Å². The Balaban J connectivity index is 1.86. The summed E-state index contributed by atoms with van der Waals surface area (Å²) in [5.74, 6) is -0.203. The van der Waals surface area contributed by atoms with Crippen LogP contribution in [-0.2, 0) is 11.3 Å². The predicted octanol–water partition coefficient (Wildman–Crippen LogP) is -0.551. The van der Waals surface area contributed by atoms with Crippen LogP contribution >= 0.6 is 0 Å². The molecule has 9 heteroatoms. The largest absolute Gasteiger partial charge is 0.480 e. The van der Waals surface area contributed by atoms with E-state index >= 15 is 0 Å². The minimum absolute atomic E-state index is 0.0237. The summed E-state index contributed by atoms with van der Waals surface area (Å²) in [6.45, 7) is 2.84. The van der Waals surface area contributed by atoms with Gasteiger partial charge < -0.3 is 14.9 Å². The number of aromatic nitrogens is 3. The van der Waals surface area contributed by atoms with Crippen LogP contribution in [0, 0.1) is 0 Å². The number of carbonyl (C=O) groups excluding carboxylic acids is 1. The van der Waals surface area contributed by atoms with E-state index in [1.165, 1.54) is 6.33 Å². The Morgan fingerprint density at radius 2 is 2.19 bits per heavy atom. The SMILES string of the molecule is CN(Cc1ncn[nH]1)C(=O)N1CCCN(CC(=O)O)CC1. The molecule has 0 aromatic carbocycles. The van der Waals surface area contributed by atoms with Gasteiger partial charge >= 0.3 is 12.0 Å². The third-order valence-corrected chi connectivity index (χ3v) is 3.40. The lowest BCUT2D eigenvalue weighted by molar-refractivity contribution is -0.138. The van der Waals surface area contributed by atoms with E-state index in [-0.39, 0.29) is 12.6 Å². The number of aromatic amines is 1. The van der Waals surface area contributed by atoms with Gasteiger partial charge in [0.25, 0.3) is 0 Å². The van der Waals surface area contributed by atoms with Crippen molar-refractivity contribution in [2.75, 3.05) is 39.8 Å². The highest BCUT2D eigenvalue weighted by Gasteiger charge is 2.23. The molecule has 1 aromatic heterocycles. The van der Waals surface area contributed by atoms with Gasteiger partial charge in [0.2, 0.25) is 0 Å². The van der Waals surface area contributed by atoms with Gasteiger partial charge in [-0.2, -0.15) is 5.10 Å². The van der Waals surface area contributed by atoms with Crippen LogP contribution in [0.15, 0.2) is 6.33 Å². The fourth-order valence-electron chi connectivity index (χ4n) is 2.35. The minimum atomic E-state index is -0.836. The van der Waals surface area contributed by atoms with E-state index in [4.69, 9.17) is 5.11 Å². The molecule has 2 amide bonds.